The normalized spacial score (nSPS) is 22.5. The summed E-state index contributed by atoms with van der Waals surface area (Å²) in [5.74, 6) is 1.01. The first-order valence-electron chi connectivity index (χ1n) is 6.24. The molecular weight excluding hydrogens is 228 g/mol. The Morgan fingerprint density at radius 1 is 1.50 bits per heavy atom. The monoisotopic (exact) mass is 246 g/mol. The van der Waals surface area contributed by atoms with Gasteiger partial charge in [0, 0.05) is 24.6 Å². The number of hydrogen-bond acceptors (Lipinski definition) is 4. The van der Waals surface area contributed by atoms with Crippen molar-refractivity contribution in [1.82, 2.24) is 0 Å². The van der Waals surface area contributed by atoms with Gasteiger partial charge in [0.25, 0.3) is 0 Å². The molecule has 4 heteroatoms. The van der Waals surface area contributed by atoms with Gasteiger partial charge in [0.15, 0.2) is 0 Å². The Hall–Kier alpha value is -1.73. The zero-order valence-electron chi connectivity index (χ0n) is 10.5. The number of benzene rings is 1. The third-order valence-electron chi connectivity index (χ3n) is 3.58. The Morgan fingerprint density at radius 2 is 2.33 bits per heavy atom. The van der Waals surface area contributed by atoms with Crippen molar-refractivity contribution in [2.45, 2.75) is 25.3 Å². The topological polar surface area (TPSA) is 65.3 Å². The maximum atomic E-state index is 9.31. The highest BCUT2D eigenvalue weighted by molar-refractivity contribution is 5.61. The number of hydrogen-bond donors (Lipinski definition) is 2. The van der Waals surface area contributed by atoms with E-state index < -0.39 is 0 Å². The van der Waals surface area contributed by atoms with Crippen molar-refractivity contribution in [3.8, 4) is 11.8 Å². The number of aliphatic hydroxyl groups is 1. The van der Waals surface area contributed by atoms with Gasteiger partial charge in [0.05, 0.1) is 18.4 Å². The van der Waals surface area contributed by atoms with Crippen LogP contribution in [0.5, 0.6) is 5.75 Å². The van der Waals surface area contributed by atoms with Crippen LogP contribution in [0.1, 0.15) is 24.8 Å². The van der Waals surface area contributed by atoms with Gasteiger partial charge in [-0.15, -0.1) is 0 Å². The lowest BCUT2D eigenvalue weighted by molar-refractivity contribution is 0.222. The Bertz CT molecular complexity index is 454. The highest BCUT2D eigenvalue weighted by Gasteiger charge is 2.27. The van der Waals surface area contributed by atoms with E-state index in [9.17, 15) is 5.11 Å². The lowest BCUT2D eigenvalue weighted by atomic mass is 10.0. The maximum Gasteiger partial charge on any atom is 0.121 e. The molecular formula is C14H18N2O2. The fourth-order valence-corrected chi connectivity index (χ4v) is 2.51. The van der Waals surface area contributed by atoms with Crippen molar-refractivity contribution in [2.75, 3.05) is 19.0 Å². The fourth-order valence-electron chi connectivity index (χ4n) is 2.51. The molecule has 0 saturated heterocycles. The van der Waals surface area contributed by atoms with E-state index in [1.807, 2.05) is 6.07 Å². The van der Waals surface area contributed by atoms with Gasteiger partial charge in [0.1, 0.15) is 11.8 Å². The predicted octanol–water partition coefficient (Wildman–Crippen LogP) is 2.14. The molecule has 0 aromatic heterocycles. The minimum atomic E-state index is 0.198. The first kappa shape index (κ1) is 12.7. The number of ether oxygens (including phenoxy) is 1. The van der Waals surface area contributed by atoms with E-state index >= 15 is 0 Å². The van der Waals surface area contributed by atoms with E-state index in [4.69, 9.17) is 10.00 Å². The third kappa shape index (κ3) is 2.57. The van der Waals surface area contributed by atoms with Crippen LogP contribution in [0.15, 0.2) is 18.2 Å². The minimum absolute atomic E-state index is 0.198. The standard InChI is InChI=1S/C14H18N2O2/c1-18-12-6-5-10(8-15)14(7-12)16-13-4-2-3-11(13)9-17/h5-7,11,13,16-17H,2-4,9H2,1H3. The second kappa shape index (κ2) is 5.74. The second-order valence-electron chi connectivity index (χ2n) is 4.65. The lowest BCUT2D eigenvalue weighted by Gasteiger charge is -2.21. The highest BCUT2D eigenvalue weighted by Crippen LogP contribution is 2.30. The SMILES string of the molecule is COc1ccc(C#N)c(NC2CCCC2CO)c1. The Morgan fingerprint density at radius 3 is 3.00 bits per heavy atom. The number of nitrogens with one attached hydrogen (secondary N) is 1. The zero-order chi connectivity index (χ0) is 13.0. The number of aliphatic hydroxyl groups excluding tert-OH is 1. The molecule has 4 nitrogen and oxygen atoms in total. The summed E-state index contributed by atoms with van der Waals surface area (Å²) in [6, 6.07) is 7.79. The van der Waals surface area contributed by atoms with Crippen LogP contribution in [0.2, 0.25) is 0 Å². The maximum absolute atomic E-state index is 9.31. The Labute approximate surface area is 107 Å². The molecule has 2 N–H and O–H groups in total. The van der Waals surface area contributed by atoms with Gasteiger partial charge < -0.3 is 15.2 Å². The molecule has 1 aromatic rings. The smallest absolute Gasteiger partial charge is 0.121 e. The first-order chi connectivity index (χ1) is 8.78. The predicted molar refractivity (Wildman–Crippen MR) is 69.5 cm³/mol. The molecule has 2 rings (SSSR count). The number of nitriles is 1. The van der Waals surface area contributed by atoms with Gasteiger partial charge in [-0.3, -0.25) is 0 Å². The van der Waals surface area contributed by atoms with E-state index in [-0.39, 0.29) is 18.6 Å². The molecule has 0 spiro atoms. The molecule has 0 heterocycles. The van der Waals surface area contributed by atoms with Crippen molar-refractivity contribution in [2.24, 2.45) is 5.92 Å². The minimum Gasteiger partial charge on any atom is -0.497 e. The molecule has 0 aliphatic heterocycles. The van der Waals surface area contributed by atoms with Crippen LogP contribution in [-0.2, 0) is 0 Å². The summed E-state index contributed by atoms with van der Waals surface area (Å²) in [4.78, 5) is 0. The Balaban J connectivity index is 2.19. The molecule has 0 bridgehead atoms. The van der Waals surface area contributed by atoms with E-state index in [2.05, 4.69) is 11.4 Å². The van der Waals surface area contributed by atoms with Crippen LogP contribution in [0.25, 0.3) is 0 Å². The quantitative estimate of drug-likeness (QED) is 0.854. The molecule has 1 aliphatic carbocycles. The van der Waals surface area contributed by atoms with E-state index in [0.717, 1.165) is 30.7 Å². The summed E-state index contributed by atoms with van der Waals surface area (Å²) < 4.78 is 5.17. The summed E-state index contributed by atoms with van der Waals surface area (Å²) >= 11 is 0. The highest BCUT2D eigenvalue weighted by atomic mass is 16.5. The van der Waals surface area contributed by atoms with Gasteiger partial charge in [-0.05, 0) is 25.0 Å². The van der Waals surface area contributed by atoms with Crippen LogP contribution in [0.3, 0.4) is 0 Å². The molecule has 18 heavy (non-hydrogen) atoms. The number of rotatable bonds is 4. The molecule has 1 saturated carbocycles. The number of nitrogens with zero attached hydrogens (tertiary/aromatic N) is 1. The van der Waals surface area contributed by atoms with Crippen molar-refractivity contribution in [3.63, 3.8) is 0 Å². The molecule has 1 aliphatic rings. The summed E-state index contributed by atoms with van der Waals surface area (Å²) in [5, 5.41) is 21.8. The molecule has 2 atom stereocenters. The van der Waals surface area contributed by atoms with E-state index in [0.29, 0.717) is 5.56 Å². The molecule has 2 unspecified atom stereocenters. The van der Waals surface area contributed by atoms with Crippen LogP contribution in [0, 0.1) is 17.2 Å². The Kier molecular flexibility index (Phi) is 4.06. The average Bonchev–Trinajstić information content (AvgIpc) is 2.86. The van der Waals surface area contributed by atoms with Gasteiger partial charge in [0.2, 0.25) is 0 Å². The molecule has 0 amide bonds. The van der Waals surface area contributed by atoms with Gasteiger partial charge in [-0.25, -0.2) is 0 Å². The van der Waals surface area contributed by atoms with Gasteiger partial charge in [-0.1, -0.05) is 6.42 Å². The van der Waals surface area contributed by atoms with Crippen LogP contribution >= 0.6 is 0 Å². The fraction of sp³-hybridized carbons (Fsp3) is 0.500. The van der Waals surface area contributed by atoms with E-state index in [1.54, 1.807) is 19.2 Å². The van der Waals surface area contributed by atoms with Crippen molar-refractivity contribution in [3.05, 3.63) is 23.8 Å². The third-order valence-corrected chi connectivity index (χ3v) is 3.58. The van der Waals surface area contributed by atoms with Crippen molar-refractivity contribution in [1.29, 1.82) is 5.26 Å². The molecule has 1 aromatic carbocycles. The number of anilines is 1. The largest absolute Gasteiger partial charge is 0.497 e. The number of methoxy groups -OCH3 is 1. The molecule has 96 valence electrons. The summed E-state index contributed by atoms with van der Waals surface area (Å²) in [5.41, 5.74) is 1.40. The van der Waals surface area contributed by atoms with Crippen LogP contribution in [0.4, 0.5) is 5.69 Å². The van der Waals surface area contributed by atoms with Crippen LogP contribution < -0.4 is 10.1 Å². The van der Waals surface area contributed by atoms with Crippen molar-refractivity contribution < 1.29 is 9.84 Å². The van der Waals surface area contributed by atoms with Crippen LogP contribution in [-0.4, -0.2) is 24.9 Å². The summed E-state index contributed by atoms with van der Waals surface area (Å²) in [6.07, 6.45) is 3.20. The van der Waals surface area contributed by atoms with Crippen molar-refractivity contribution >= 4 is 5.69 Å². The van der Waals surface area contributed by atoms with Gasteiger partial charge >= 0.3 is 0 Å². The average molecular weight is 246 g/mol. The summed E-state index contributed by atoms with van der Waals surface area (Å²) in [7, 11) is 1.61. The molecule has 1 fully saturated rings. The lowest BCUT2D eigenvalue weighted by Crippen LogP contribution is -2.26. The second-order valence-corrected chi connectivity index (χ2v) is 4.65. The zero-order valence-corrected chi connectivity index (χ0v) is 10.5. The van der Waals surface area contributed by atoms with Gasteiger partial charge in [-0.2, -0.15) is 5.26 Å². The first-order valence-corrected chi connectivity index (χ1v) is 6.24. The van der Waals surface area contributed by atoms with E-state index in [1.165, 1.54) is 0 Å². The summed E-state index contributed by atoms with van der Waals surface area (Å²) in [6.45, 7) is 0.198. The molecule has 0 radical (unpaired) electrons.